The molecule has 1 aliphatic heterocycles. The number of ether oxygens (including phenoxy) is 2. The van der Waals surface area contributed by atoms with Crippen molar-refractivity contribution in [3.63, 3.8) is 0 Å². The van der Waals surface area contributed by atoms with Crippen molar-refractivity contribution < 1.29 is 43.1 Å². The van der Waals surface area contributed by atoms with Gasteiger partial charge in [0, 0.05) is 64.0 Å². The zero-order chi connectivity index (χ0) is 52.6. The molecule has 1 saturated heterocycles. The summed E-state index contributed by atoms with van der Waals surface area (Å²) in [5.74, 6) is -1.06. The fraction of sp³-hybridized carbons (Fsp3) is 0.200. The standard InChI is InChI=1S/C23H23N7O3.C21H21N7O2.C6H7NO4/c1-14(31)25-10-16-6-8-18(9-7-16)21(32)26-11-15-2-4-17(5-3-15)12-33-22-19-20(28-13-27-19)29-23(24)30-22;22-9-13-5-7-16(8-6-13)19(29)24-10-14-1-3-15(4-2-14)11-30-20-17-18(26-12-25-17)27-21(23)28-20;1-4(8)11-7-5(9)2-3-6(7)10/h2-9,13H,10-12H2,1H3,(H,25,31)(H,26,32)(H3,24,27,28,29,30);1-8,12H,9-11,22H2,(H,24,29)(H3,23,25,26,27,28);2-3H2,1H3. The van der Waals surface area contributed by atoms with Gasteiger partial charge in [0.05, 0.1) is 12.7 Å². The van der Waals surface area contributed by atoms with E-state index in [1.165, 1.54) is 19.6 Å². The molecule has 11 N–H and O–H groups in total. The van der Waals surface area contributed by atoms with Gasteiger partial charge in [-0.3, -0.25) is 24.0 Å². The monoisotopic (exact) mass is 1010 g/mol. The number of anilines is 2. The van der Waals surface area contributed by atoms with Crippen molar-refractivity contribution >= 4 is 69.7 Å². The number of carbonyl (C=O) groups excluding carboxylic acids is 6. The fourth-order valence-electron chi connectivity index (χ4n) is 6.81. The zero-order valence-electron chi connectivity index (χ0n) is 40.1. The van der Waals surface area contributed by atoms with E-state index in [-0.39, 0.29) is 42.5 Å². The third kappa shape index (κ3) is 14.6. The minimum Gasteiger partial charge on any atom is -0.471 e. The normalized spacial score (nSPS) is 11.7. The van der Waals surface area contributed by atoms with Gasteiger partial charge in [-0.2, -0.15) is 19.9 Å². The molecule has 1 fully saturated rings. The molecular weight excluding hydrogens is 955 g/mol. The summed E-state index contributed by atoms with van der Waals surface area (Å²) in [5, 5.41) is 9.05. The van der Waals surface area contributed by atoms with Crippen LogP contribution in [0.4, 0.5) is 11.9 Å². The summed E-state index contributed by atoms with van der Waals surface area (Å²) in [6.07, 6.45) is 3.29. The number of amides is 5. The van der Waals surface area contributed by atoms with Crippen molar-refractivity contribution in [3.8, 4) is 11.8 Å². The zero-order valence-corrected chi connectivity index (χ0v) is 40.1. The van der Waals surface area contributed by atoms with Gasteiger partial charge in [0.1, 0.15) is 24.2 Å². The molecule has 0 radical (unpaired) electrons. The maximum Gasteiger partial charge on any atom is 0.330 e. The third-order valence-corrected chi connectivity index (χ3v) is 10.7. The highest BCUT2D eigenvalue weighted by atomic mass is 16.7. The molecule has 24 heteroatoms. The van der Waals surface area contributed by atoms with E-state index in [1.54, 1.807) is 24.3 Å². The highest BCUT2D eigenvalue weighted by Crippen LogP contribution is 2.23. The minimum absolute atomic E-state index is 0.0942. The summed E-state index contributed by atoms with van der Waals surface area (Å²) in [7, 11) is 0. The first-order chi connectivity index (χ1) is 35.7. The molecule has 4 aromatic heterocycles. The van der Waals surface area contributed by atoms with Crippen molar-refractivity contribution in [1.29, 1.82) is 0 Å². The second-order valence-electron chi connectivity index (χ2n) is 16.2. The molecule has 1 aliphatic rings. The Labute approximate surface area is 421 Å². The lowest BCUT2D eigenvalue weighted by atomic mass is 10.1. The Hall–Kier alpha value is -9.84. The number of carbonyl (C=O) groups is 6. The Bertz CT molecular complexity index is 3240. The molecule has 9 rings (SSSR count). The lowest BCUT2D eigenvalue weighted by Crippen LogP contribution is -2.30. The van der Waals surface area contributed by atoms with Crippen molar-refractivity contribution in [2.45, 2.75) is 66.1 Å². The van der Waals surface area contributed by atoms with Gasteiger partial charge in [-0.1, -0.05) is 72.8 Å². The quantitative estimate of drug-likeness (QED) is 0.0641. The van der Waals surface area contributed by atoms with E-state index in [4.69, 9.17) is 26.7 Å². The molecule has 0 unspecified atom stereocenters. The number of aromatic amines is 2. The number of rotatable bonds is 16. The molecule has 24 nitrogen and oxygen atoms in total. The van der Waals surface area contributed by atoms with Crippen molar-refractivity contribution in [2.24, 2.45) is 5.73 Å². The maximum absolute atomic E-state index is 12.4. The first kappa shape index (κ1) is 52.0. The van der Waals surface area contributed by atoms with E-state index in [9.17, 15) is 28.8 Å². The number of nitrogens with one attached hydrogen (secondary N) is 5. The van der Waals surface area contributed by atoms with Gasteiger partial charge in [-0.25, -0.2) is 14.8 Å². The number of imidazole rings is 2. The topological polar surface area (TPSA) is 356 Å². The Kier molecular flexibility index (Phi) is 17.4. The van der Waals surface area contributed by atoms with Crippen LogP contribution in [0.15, 0.2) is 110 Å². The van der Waals surface area contributed by atoms with Crippen LogP contribution in [0.3, 0.4) is 0 Å². The van der Waals surface area contributed by atoms with E-state index < -0.39 is 17.8 Å². The Morgan fingerprint density at radius 2 is 0.932 bits per heavy atom. The number of benzene rings is 4. The smallest absolute Gasteiger partial charge is 0.330 e. The third-order valence-electron chi connectivity index (χ3n) is 10.7. The molecule has 0 aliphatic carbocycles. The number of nitrogens with two attached hydrogens (primary N) is 3. The first-order valence-electron chi connectivity index (χ1n) is 22.8. The number of nitrogen functional groups attached to an aromatic ring is 2. The van der Waals surface area contributed by atoms with E-state index in [0.29, 0.717) is 89.7 Å². The average molecular weight is 1010 g/mol. The molecule has 380 valence electrons. The van der Waals surface area contributed by atoms with Crippen LogP contribution in [-0.4, -0.2) is 80.4 Å². The predicted molar refractivity (Wildman–Crippen MR) is 267 cm³/mol. The maximum atomic E-state index is 12.4. The van der Waals surface area contributed by atoms with Crippen molar-refractivity contribution in [3.05, 3.63) is 154 Å². The Morgan fingerprint density at radius 3 is 1.32 bits per heavy atom. The number of aromatic nitrogens is 8. The van der Waals surface area contributed by atoms with E-state index in [0.717, 1.165) is 40.3 Å². The highest BCUT2D eigenvalue weighted by molar-refractivity contribution is 6.01. The molecule has 5 heterocycles. The van der Waals surface area contributed by atoms with E-state index >= 15 is 0 Å². The number of H-pyrrole nitrogens is 2. The van der Waals surface area contributed by atoms with Gasteiger partial charge in [0.2, 0.25) is 29.6 Å². The molecule has 0 atom stereocenters. The lowest BCUT2D eigenvalue weighted by Gasteiger charge is -2.09. The fourth-order valence-corrected chi connectivity index (χ4v) is 6.81. The number of hydroxylamine groups is 2. The van der Waals surface area contributed by atoms with Crippen LogP contribution >= 0.6 is 0 Å². The van der Waals surface area contributed by atoms with Gasteiger partial charge < -0.3 is 57.4 Å². The summed E-state index contributed by atoms with van der Waals surface area (Å²) in [6.45, 7) is 4.92. The van der Waals surface area contributed by atoms with Gasteiger partial charge in [-0.15, -0.1) is 5.06 Å². The first-order valence-corrected chi connectivity index (χ1v) is 22.8. The predicted octanol–water partition coefficient (Wildman–Crippen LogP) is 3.60. The number of hydrogen-bond acceptors (Lipinski definition) is 18. The van der Waals surface area contributed by atoms with Crippen LogP contribution in [0.25, 0.3) is 22.3 Å². The van der Waals surface area contributed by atoms with E-state index in [1.807, 2.05) is 72.8 Å². The largest absolute Gasteiger partial charge is 0.471 e. The highest BCUT2D eigenvalue weighted by Gasteiger charge is 2.32. The molecule has 0 spiro atoms. The van der Waals surface area contributed by atoms with Crippen LogP contribution in [0.2, 0.25) is 0 Å². The molecule has 5 amide bonds. The van der Waals surface area contributed by atoms with Gasteiger partial charge in [0.15, 0.2) is 11.3 Å². The van der Waals surface area contributed by atoms with Gasteiger partial charge >= 0.3 is 5.97 Å². The molecular formula is C50H51N15O9. The summed E-state index contributed by atoms with van der Waals surface area (Å²) in [4.78, 5) is 102. The van der Waals surface area contributed by atoms with Gasteiger partial charge in [0.25, 0.3) is 23.6 Å². The lowest BCUT2D eigenvalue weighted by molar-refractivity contribution is -0.195. The second kappa shape index (κ2) is 24.8. The minimum atomic E-state index is -0.659. The van der Waals surface area contributed by atoms with Crippen LogP contribution in [0, 0.1) is 0 Å². The summed E-state index contributed by atoms with van der Waals surface area (Å²) in [5.41, 5.74) is 26.0. The SMILES string of the molecule is CC(=O)NCc1ccc(C(=O)NCc2ccc(COc3nc(N)nc4nc[nH]c34)cc2)cc1.CC(=O)ON1C(=O)CCC1=O.NCc1ccc(C(=O)NCc2ccc(COc3nc(N)nc4nc[nH]c34)cc2)cc1. The Balaban J connectivity index is 0.000000180. The second-order valence-corrected chi connectivity index (χ2v) is 16.2. The van der Waals surface area contributed by atoms with Crippen LogP contribution < -0.4 is 42.6 Å². The number of fused-ring (bicyclic) bond motifs is 2. The van der Waals surface area contributed by atoms with Crippen LogP contribution in [-0.2, 0) is 63.4 Å². The molecule has 74 heavy (non-hydrogen) atoms. The number of imide groups is 1. The number of hydrogen-bond donors (Lipinski definition) is 8. The summed E-state index contributed by atoms with van der Waals surface area (Å²) in [6, 6.07) is 29.8. The van der Waals surface area contributed by atoms with Crippen LogP contribution in [0.5, 0.6) is 11.8 Å². The van der Waals surface area contributed by atoms with Gasteiger partial charge in [-0.05, 0) is 57.6 Å². The summed E-state index contributed by atoms with van der Waals surface area (Å²) < 4.78 is 11.6. The Morgan fingerprint density at radius 1 is 0.554 bits per heavy atom. The molecule has 8 aromatic rings. The summed E-state index contributed by atoms with van der Waals surface area (Å²) >= 11 is 0. The molecule has 0 bridgehead atoms. The molecule has 0 saturated carbocycles. The van der Waals surface area contributed by atoms with Crippen molar-refractivity contribution in [2.75, 3.05) is 11.5 Å². The van der Waals surface area contributed by atoms with E-state index in [2.05, 4.69) is 60.7 Å². The van der Waals surface area contributed by atoms with Crippen molar-refractivity contribution in [1.82, 2.24) is 60.9 Å². The average Bonchev–Trinajstić information content (AvgIpc) is 4.16. The van der Waals surface area contributed by atoms with Crippen LogP contribution in [0.1, 0.15) is 80.8 Å². The number of nitrogens with zero attached hydrogens (tertiary/aromatic N) is 7. The molecule has 4 aromatic carbocycles.